The van der Waals surface area contributed by atoms with Gasteiger partial charge >= 0.3 is 0 Å². The highest BCUT2D eigenvalue weighted by Crippen LogP contribution is 2.46. The number of amides is 1. The predicted octanol–water partition coefficient (Wildman–Crippen LogP) is 6.81. The summed E-state index contributed by atoms with van der Waals surface area (Å²) in [7, 11) is -0.206. The van der Waals surface area contributed by atoms with Crippen LogP contribution in [0.1, 0.15) is 60.0 Å². The van der Waals surface area contributed by atoms with E-state index in [9.17, 15) is 9.00 Å². The minimum atomic E-state index is -1.96. The van der Waals surface area contributed by atoms with Gasteiger partial charge in [0.05, 0.1) is 18.4 Å². The molecule has 1 aliphatic heterocycles. The van der Waals surface area contributed by atoms with Crippen LogP contribution in [-0.2, 0) is 27.2 Å². The van der Waals surface area contributed by atoms with Crippen LogP contribution in [0.3, 0.4) is 0 Å². The van der Waals surface area contributed by atoms with Gasteiger partial charge in [-0.25, -0.2) is 0 Å². The Hall–Kier alpha value is -2.61. The number of anilines is 1. The SMILES string of the molecule is C=CCCC/[SH](=O)=N\C(=O)c1ccc2c(c1)N(C[C@@H]1CC[C@H]1[C@H](C=C)OC)C[C@@]1(CCCc3cc(Cl)ccc31)CO2. The molecule has 1 unspecified atom stereocenters. The molecule has 41 heavy (non-hydrogen) atoms. The number of benzene rings is 2. The first-order valence-electron chi connectivity index (χ1n) is 14.6. The Morgan fingerprint density at radius 2 is 2.15 bits per heavy atom. The largest absolute Gasteiger partial charge is 0.490 e. The number of fused-ring (bicyclic) bond motifs is 3. The van der Waals surface area contributed by atoms with Gasteiger partial charge in [-0.2, -0.15) is 4.36 Å². The maximum atomic E-state index is 13.1. The molecule has 0 N–H and O–H groups in total. The Kier molecular flexibility index (Phi) is 9.57. The van der Waals surface area contributed by atoms with Gasteiger partial charge in [0.15, 0.2) is 0 Å². The Balaban J connectivity index is 1.49. The van der Waals surface area contributed by atoms with Gasteiger partial charge < -0.3 is 14.4 Å². The molecule has 1 spiro atoms. The molecule has 2 aromatic rings. The lowest BCUT2D eigenvalue weighted by Gasteiger charge is -2.46. The summed E-state index contributed by atoms with van der Waals surface area (Å²) in [5.41, 5.74) is 3.73. The zero-order valence-corrected chi connectivity index (χ0v) is 25.5. The van der Waals surface area contributed by atoms with Crippen molar-refractivity contribution in [3.8, 4) is 5.75 Å². The van der Waals surface area contributed by atoms with E-state index in [1.54, 1.807) is 19.3 Å². The molecule has 1 heterocycles. The molecule has 0 saturated heterocycles. The van der Waals surface area contributed by atoms with Gasteiger partial charge in [0.1, 0.15) is 5.75 Å². The molecule has 2 aliphatic carbocycles. The first kappa shape index (κ1) is 29.9. The third kappa shape index (κ3) is 6.42. The summed E-state index contributed by atoms with van der Waals surface area (Å²) in [6.45, 7) is 9.85. The lowest BCUT2D eigenvalue weighted by atomic mass is 9.68. The van der Waals surface area contributed by atoms with Gasteiger partial charge in [-0.3, -0.25) is 9.00 Å². The van der Waals surface area contributed by atoms with Crippen molar-refractivity contribution in [1.29, 1.82) is 0 Å². The van der Waals surface area contributed by atoms with Crippen LogP contribution in [0.2, 0.25) is 5.02 Å². The summed E-state index contributed by atoms with van der Waals surface area (Å²) < 4.78 is 28.8. The molecule has 1 fully saturated rings. The Morgan fingerprint density at radius 3 is 2.88 bits per heavy atom. The Labute approximate surface area is 251 Å². The fraction of sp³-hybridized carbons (Fsp3) is 0.485. The first-order chi connectivity index (χ1) is 19.9. The Bertz CT molecular complexity index is 1390. The molecule has 3 aliphatic rings. The Morgan fingerprint density at radius 1 is 1.29 bits per heavy atom. The van der Waals surface area contributed by atoms with Crippen molar-refractivity contribution < 1.29 is 18.5 Å². The number of allylic oxidation sites excluding steroid dienone is 1. The normalized spacial score (nSPS) is 24.8. The fourth-order valence-corrected chi connectivity index (χ4v) is 7.88. The number of hydrogen-bond donors (Lipinski definition) is 1. The number of aryl methyl sites for hydroxylation is 1. The van der Waals surface area contributed by atoms with Crippen molar-refractivity contribution in [2.45, 2.75) is 56.5 Å². The zero-order chi connectivity index (χ0) is 29.0. The molecule has 1 saturated carbocycles. The number of methoxy groups -OCH3 is 1. The monoisotopic (exact) mass is 596 g/mol. The van der Waals surface area contributed by atoms with Crippen LogP contribution >= 0.6 is 11.6 Å². The van der Waals surface area contributed by atoms with E-state index in [-0.39, 0.29) is 11.5 Å². The van der Waals surface area contributed by atoms with E-state index in [1.807, 2.05) is 24.3 Å². The van der Waals surface area contributed by atoms with E-state index in [0.29, 0.717) is 36.2 Å². The summed E-state index contributed by atoms with van der Waals surface area (Å²) in [6, 6.07) is 11.8. The second kappa shape index (κ2) is 13.1. The van der Waals surface area contributed by atoms with Crippen LogP contribution in [0.4, 0.5) is 5.69 Å². The van der Waals surface area contributed by atoms with Gasteiger partial charge in [0.25, 0.3) is 5.91 Å². The standard InChI is InChI=1S/C33H41ClN2O4S/c1-4-6-7-17-41(38)35-32(37)24-11-15-31-29(19-24)36(20-25-10-13-27(25)30(5-2)39-3)21-33(22-40-31)16-8-9-23-18-26(34)12-14-28(23)33/h4-5,11-12,14-15,18-19,25,27,30,41H,1-2,6-10,13,16-17,20-22H2,3H3/t25-,27+,30-,33-/m0/s1. The average molecular weight is 597 g/mol. The fourth-order valence-electron chi connectivity index (χ4n) is 6.81. The van der Waals surface area contributed by atoms with Gasteiger partial charge in [-0.15, -0.1) is 13.2 Å². The van der Waals surface area contributed by atoms with Crippen LogP contribution in [-0.4, -0.2) is 48.8 Å². The van der Waals surface area contributed by atoms with Crippen LogP contribution < -0.4 is 9.64 Å². The number of rotatable bonds is 10. The number of unbranched alkanes of at least 4 members (excludes halogenated alkanes) is 1. The van der Waals surface area contributed by atoms with E-state index in [2.05, 4.69) is 34.6 Å². The molecule has 0 radical (unpaired) electrons. The van der Waals surface area contributed by atoms with Gasteiger partial charge in [-0.05, 0) is 98.2 Å². The number of carbonyl (C=O) groups excluding carboxylic acids is 1. The summed E-state index contributed by atoms with van der Waals surface area (Å²) in [5.74, 6) is 1.52. The second-order valence-corrected chi connectivity index (χ2v) is 13.4. The zero-order valence-electron chi connectivity index (χ0n) is 23.9. The molecule has 6 nitrogen and oxygen atoms in total. The lowest BCUT2D eigenvalue weighted by Crippen LogP contribution is -2.49. The first-order valence-corrected chi connectivity index (χ1v) is 16.4. The summed E-state index contributed by atoms with van der Waals surface area (Å²) in [4.78, 5) is 15.5. The van der Waals surface area contributed by atoms with Crippen molar-refractivity contribution in [2.24, 2.45) is 16.2 Å². The van der Waals surface area contributed by atoms with Crippen molar-refractivity contribution >= 4 is 33.8 Å². The summed E-state index contributed by atoms with van der Waals surface area (Å²) in [5, 5.41) is 0.762. The predicted molar refractivity (Wildman–Crippen MR) is 168 cm³/mol. The van der Waals surface area contributed by atoms with Gasteiger partial charge in [0, 0.05) is 52.5 Å². The minimum absolute atomic E-state index is 0.0204. The summed E-state index contributed by atoms with van der Waals surface area (Å²) in [6.07, 6.45) is 10.5. The molecular weight excluding hydrogens is 556 g/mol. The van der Waals surface area contributed by atoms with Gasteiger partial charge in [0.2, 0.25) is 0 Å². The molecule has 5 atom stereocenters. The van der Waals surface area contributed by atoms with E-state index < -0.39 is 16.5 Å². The maximum Gasteiger partial charge on any atom is 0.284 e. The van der Waals surface area contributed by atoms with Crippen molar-refractivity contribution in [3.63, 3.8) is 0 Å². The quantitative estimate of drug-likeness (QED) is 0.185. The number of halogens is 1. The van der Waals surface area contributed by atoms with E-state index in [4.69, 9.17) is 21.1 Å². The molecular formula is C33H41ClN2O4S. The number of carbonyl (C=O) groups is 1. The maximum absolute atomic E-state index is 13.1. The topological polar surface area (TPSA) is 68.2 Å². The third-order valence-corrected chi connectivity index (χ3v) is 10.4. The number of nitrogens with zero attached hydrogens (tertiary/aromatic N) is 2. The molecule has 8 heteroatoms. The summed E-state index contributed by atoms with van der Waals surface area (Å²) >= 11 is 6.40. The smallest absolute Gasteiger partial charge is 0.284 e. The second-order valence-electron chi connectivity index (χ2n) is 11.6. The highest BCUT2D eigenvalue weighted by molar-refractivity contribution is 7.75. The average Bonchev–Trinajstić information content (AvgIpc) is 3.10. The van der Waals surface area contributed by atoms with Crippen molar-refractivity contribution in [2.75, 3.05) is 37.5 Å². The molecule has 220 valence electrons. The molecule has 1 amide bonds. The van der Waals surface area contributed by atoms with Crippen molar-refractivity contribution in [3.05, 3.63) is 83.4 Å². The highest BCUT2D eigenvalue weighted by atomic mass is 35.5. The van der Waals surface area contributed by atoms with Crippen LogP contribution in [0.15, 0.2) is 66.1 Å². The number of thiol groups is 1. The highest BCUT2D eigenvalue weighted by Gasteiger charge is 2.44. The van der Waals surface area contributed by atoms with Crippen LogP contribution in [0.25, 0.3) is 0 Å². The van der Waals surface area contributed by atoms with Crippen LogP contribution in [0, 0.1) is 11.8 Å². The molecule has 2 aromatic carbocycles. The third-order valence-electron chi connectivity index (χ3n) is 9.10. The van der Waals surface area contributed by atoms with Gasteiger partial charge in [-0.1, -0.05) is 29.8 Å². The molecule has 5 rings (SSSR count). The number of ether oxygens (including phenoxy) is 2. The van der Waals surface area contributed by atoms with Crippen LogP contribution in [0.5, 0.6) is 5.75 Å². The molecule has 0 aromatic heterocycles. The minimum Gasteiger partial charge on any atom is -0.490 e. The van der Waals surface area contributed by atoms with E-state index in [0.717, 1.165) is 68.1 Å². The number of hydrogen-bond acceptors (Lipinski definition) is 5. The lowest BCUT2D eigenvalue weighted by molar-refractivity contribution is 0.0135. The van der Waals surface area contributed by atoms with E-state index in [1.165, 1.54) is 11.1 Å². The van der Waals surface area contributed by atoms with E-state index >= 15 is 0 Å². The van der Waals surface area contributed by atoms with Crippen molar-refractivity contribution in [1.82, 2.24) is 0 Å². The molecule has 0 bridgehead atoms.